The van der Waals surface area contributed by atoms with Gasteiger partial charge in [0.1, 0.15) is 5.75 Å². The third kappa shape index (κ3) is 10.5. The van der Waals surface area contributed by atoms with Gasteiger partial charge in [0, 0.05) is 36.7 Å². The molecular formula is C26H21BrCl4O4. The highest BCUT2D eigenvalue weighted by atomic mass is 79.9. The van der Waals surface area contributed by atoms with E-state index in [4.69, 9.17) is 65.7 Å². The van der Waals surface area contributed by atoms with E-state index in [9.17, 15) is 0 Å². The van der Waals surface area contributed by atoms with Crippen LogP contribution in [0.1, 0.15) is 0 Å². The van der Waals surface area contributed by atoms with Gasteiger partial charge >= 0.3 is 0 Å². The Morgan fingerprint density at radius 1 is 0.571 bits per heavy atom. The van der Waals surface area contributed by atoms with Gasteiger partial charge in [-0.1, -0.05) is 62.3 Å². The fourth-order valence-electron chi connectivity index (χ4n) is 2.44. The Bertz CT molecular complexity index is 1180. The van der Waals surface area contributed by atoms with E-state index in [1.54, 1.807) is 61.7 Å². The second-order valence-corrected chi connectivity index (χ2v) is 9.27. The molecule has 184 valence electrons. The van der Waals surface area contributed by atoms with E-state index in [-0.39, 0.29) is 5.75 Å². The lowest BCUT2D eigenvalue weighted by atomic mass is 10.3. The molecule has 0 saturated carbocycles. The number of rotatable bonds is 4. The van der Waals surface area contributed by atoms with E-state index < -0.39 is 0 Å². The first-order valence-electron chi connectivity index (χ1n) is 9.92. The Labute approximate surface area is 233 Å². The number of halogens is 5. The highest BCUT2D eigenvalue weighted by Gasteiger charge is 2.06. The van der Waals surface area contributed by atoms with Crippen molar-refractivity contribution in [2.45, 2.75) is 0 Å². The second kappa shape index (κ2) is 15.0. The zero-order valence-electron chi connectivity index (χ0n) is 18.6. The molecule has 0 aliphatic heterocycles. The normalized spacial score (nSPS) is 9.69. The summed E-state index contributed by atoms with van der Waals surface area (Å²) in [6, 6.07) is 24.4. The Kier molecular flexibility index (Phi) is 12.4. The van der Waals surface area contributed by atoms with Gasteiger partial charge in [0.15, 0.2) is 23.0 Å². The van der Waals surface area contributed by atoms with Crippen molar-refractivity contribution in [3.8, 4) is 28.7 Å². The molecule has 0 fully saturated rings. The van der Waals surface area contributed by atoms with E-state index >= 15 is 0 Å². The van der Waals surface area contributed by atoms with E-state index in [2.05, 4.69) is 15.9 Å². The predicted octanol–water partition coefficient (Wildman–Crippen LogP) is 9.95. The molecule has 0 aromatic heterocycles. The Morgan fingerprint density at radius 3 is 1.51 bits per heavy atom. The molecule has 0 spiro atoms. The molecule has 4 nitrogen and oxygen atoms in total. The van der Waals surface area contributed by atoms with Crippen LogP contribution in [0.15, 0.2) is 89.4 Å². The van der Waals surface area contributed by atoms with Crippen molar-refractivity contribution in [3.05, 3.63) is 109 Å². The van der Waals surface area contributed by atoms with Crippen LogP contribution in [-0.4, -0.2) is 19.3 Å². The minimum absolute atomic E-state index is 0.104. The maximum Gasteiger partial charge on any atom is 0.169 e. The zero-order valence-corrected chi connectivity index (χ0v) is 23.3. The van der Waals surface area contributed by atoms with Crippen LogP contribution in [0.3, 0.4) is 0 Å². The van der Waals surface area contributed by atoms with Crippen LogP contribution in [0.5, 0.6) is 28.7 Å². The van der Waals surface area contributed by atoms with Crippen molar-refractivity contribution in [3.63, 3.8) is 0 Å². The maximum atomic E-state index is 9.05. The summed E-state index contributed by atoms with van der Waals surface area (Å²) in [6.07, 6.45) is 0. The van der Waals surface area contributed by atoms with Gasteiger partial charge in [-0.2, -0.15) is 0 Å². The molecule has 0 amide bonds. The number of methoxy groups -OCH3 is 2. The molecular weight excluding hydrogens is 598 g/mol. The minimum atomic E-state index is 0.104. The lowest BCUT2D eigenvalue weighted by Crippen LogP contribution is -1.89. The molecule has 0 heterocycles. The number of ether oxygens (including phenoxy) is 3. The molecule has 4 aromatic rings. The monoisotopic (exact) mass is 616 g/mol. The molecule has 35 heavy (non-hydrogen) atoms. The molecule has 0 saturated heterocycles. The molecule has 0 aliphatic rings. The fourth-order valence-corrected chi connectivity index (χ4v) is 3.28. The third-order valence-electron chi connectivity index (χ3n) is 4.11. The smallest absolute Gasteiger partial charge is 0.169 e. The van der Waals surface area contributed by atoms with Gasteiger partial charge in [-0.15, -0.1) is 0 Å². The summed E-state index contributed by atoms with van der Waals surface area (Å²) in [7, 11) is 3.05. The van der Waals surface area contributed by atoms with Gasteiger partial charge in [-0.3, -0.25) is 0 Å². The van der Waals surface area contributed by atoms with E-state index in [0.717, 1.165) is 9.50 Å². The van der Waals surface area contributed by atoms with Crippen LogP contribution in [0.4, 0.5) is 0 Å². The van der Waals surface area contributed by atoms with Gasteiger partial charge in [0.2, 0.25) is 0 Å². The van der Waals surface area contributed by atoms with Gasteiger partial charge in [0.25, 0.3) is 0 Å². The SMILES string of the molecule is COc1cc(Cl)ccc1O.COc1cc(Cl)ccc1Oc1ccc(Cl)cc1.Clc1ccc(Br)cc1. The average Bonchev–Trinajstić information content (AvgIpc) is 2.85. The van der Waals surface area contributed by atoms with Crippen LogP contribution >= 0.6 is 62.3 Å². The second-order valence-electron chi connectivity index (χ2n) is 6.60. The van der Waals surface area contributed by atoms with E-state index in [1.807, 2.05) is 24.3 Å². The summed E-state index contributed by atoms with van der Waals surface area (Å²) in [5.74, 6) is 2.39. The number of benzene rings is 4. The molecule has 0 aliphatic carbocycles. The number of hydrogen-bond acceptors (Lipinski definition) is 4. The molecule has 9 heteroatoms. The van der Waals surface area contributed by atoms with Crippen LogP contribution in [-0.2, 0) is 0 Å². The highest BCUT2D eigenvalue weighted by Crippen LogP contribution is 2.34. The average molecular weight is 619 g/mol. The van der Waals surface area contributed by atoms with Crippen LogP contribution in [0.2, 0.25) is 20.1 Å². The van der Waals surface area contributed by atoms with Gasteiger partial charge < -0.3 is 19.3 Å². The Morgan fingerprint density at radius 2 is 1.03 bits per heavy atom. The summed E-state index contributed by atoms with van der Waals surface area (Å²) < 4.78 is 16.7. The van der Waals surface area contributed by atoms with Crippen molar-refractivity contribution >= 4 is 62.3 Å². The first-order chi connectivity index (χ1) is 16.7. The Balaban J connectivity index is 0.000000204. The van der Waals surface area contributed by atoms with Crippen molar-refractivity contribution in [2.75, 3.05) is 14.2 Å². The summed E-state index contributed by atoms with van der Waals surface area (Å²) in [6.45, 7) is 0. The van der Waals surface area contributed by atoms with Crippen LogP contribution in [0.25, 0.3) is 0 Å². The number of phenols is 1. The molecule has 0 radical (unpaired) electrons. The summed E-state index contributed by atoms with van der Waals surface area (Å²) >= 11 is 26.1. The number of aromatic hydroxyl groups is 1. The first-order valence-corrected chi connectivity index (χ1v) is 12.2. The molecule has 4 aromatic carbocycles. The topological polar surface area (TPSA) is 47.9 Å². The summed E-state index contributed by atoms with van der Waals surface area (Å²) in [5, 5.41) is 11.6. The van der Waals surface area contributed by atoms with Crippen LogP contribution < -0.4 is 14.2 Å². The third-order valence-corrected chi connectivity index (χ3v) is 5.62. The van der Waals surface area contributed by atoms with Gasteiger partial charge in [-0.25, -0.2) is 0 Å². The lowest BCUT2D eigenvalue weighted by molar-refractivity contribution is 0.373. The molecule has 0 unspecified atom stereocenters. The van der Waals surface area contributed by atoms with Crippen molar-refractivity contribution in [1.82, 2.24) is 0 Å². The summed E-state index contributed by atoms with van der Waals surface area (Å²) in [4.78, 5) is 0. The van der Waals surface area contributed by atoms with Crippen LogP contribution in [0, 0.1) is 0 Å². The van der Waals surface area contributed by atoms with Crippen molar-refractivity contribution < 1.29 is 19.3 Å². The highest BCUT2D eigenvalue weighted by molar-refractivity contribution is 9.10. The fraction of sp³-hybridized carbons (Fsp3) is 0.0769. The van der Waals surface area contributed by atoms with Gasteiger partial charge in [-0.05, 0) is 72.8 Å². The standard InChI is InChI=1S/C13H10Cl2O2.C7H7ClO2.C6H4BrCl/c1-16-13-8-10(15)4-7-12(13)17-11-5-2-9(14)3-6-11;1-10-7-4-5(8)2-3-6(7)9;7-5-1-3-6(8)4-2-5/h2-8H,1H3;2-4,9H,1H3;1-4H. The quantitative estimate of drug-likeness (QED) is 0.247. The minimum Gasteiger partial charge on any atom is -0.504 e. The lowest BCUT2D eigenvalue weighted by Gasteiger charge is -2.10. The first kappa shape index (κ1) is 29.0. The Hall–Kier alpha value is -2.28. The van der Waals surface area contributed by atoms with Gasteiger partial charge in [0.05, 0.1) is 14.2 Å². The number of hydrogen-bond donors (Lipinski definition) is 1. The van der Waals surface area contributed by atoms with Crippen molar-refractivity contribution in [1.29, 1.82) is 0 Å². The van der Waals surface area contributed by atoms with E-state index in [0.29, 0.717) is 38.1 Å². The summed E-state index contributed by atoms with van der Waals surface area (Å²) in [5.41, 5.74) is 0. The largest absolute Gasteiger partial charge is 0.504 e. The molecule has 1 N–H and O–H groups in total. The maximum absolute atomic E-state index is 9.05. The predicted molar refractivity (Wildman–Crippen MR) is 148 cm³/mol. The zero-order chi connectivity index (χ0) is 25.8. The molecule has 0 bridgehead atoms. The molecule has 0 atom stereocenters. The van der Waals surface area contributed by atoms with E-state index in [1.165, 1.54) is 13.2 Å². The van der Waals surface area contributed by atoms with Crippen molar-refractivity contribution in [2.24, 2.45) is 0 Å². The molecule has 4 rings (SSSR count). The number of phenolic OH excluding ortho intramolecular Hbond substituents is 1.